The minimum absolute atomic E-state index is 0.0558. The third-order valence-electron chi connectivity index (χ3n) is 4.55. The van der Waals surface area contributed by atoms with Gasteiger partial charge >= 0.3 is 5.97 Å². The second-order valence-corrected chi connectivity index (χ2v) is 6.80. The minimum atomic E-state index is -0.810. The Hall–Kier alpha value is -2.64. The minimum Gasteiger partial charge on any atom is -0.480 e. The summed E-state index contributed by atoms with van der Waals surface area (Å²) in [6, 6.07) is 8.09. The van der Waals surface area contributed by atoms with Crippen molar-refractivity contribution in [3.63, 3.8) is 0 Å². The lowest BCUT2D eigenvalue weighted by Gasteiger charge is -2.15. The number of aliphatic carboxylic acids is 1. The predicted molar refractivity (Wildman–Crippen MR) is 100 cm³/mol. The fourth-order valence-corrected chi connectivity index (χ4v) is 3.55. The van der Waals surface area contributed by atoms with E-state index in [4.69, 9.17) is 16.7 Å². The first-order valence-corrected chi connectivity index (χ1v) is 8.77. The van der Waals surface area contributed by atoms with Crippen LogP contribution >= 0.6 is 11.6 Å². The molecule has 8 heteroatoms. The molecule has 1 aliphatic rings. The van der Waals surface area contributed by atoms with E-state index in [1.807, 2.05) is 35.4 Å². The number of para-hydroxylation sites is 1. The fourth-order valence-electron chi connectivity index (χ4n) is 3.36. The van der Waals surface area contributed by atoms with E-state index in [9.17, 15) is 4.79 Å². The summed E-state index contributed by atoms with van der Waals surface area (Å²) in [5.74, 6) is -0.313. The van der Waals surface area contributed by atoms with Gasteiger partial charge in [-0.1, -0.05) is 29.8 Å². The van der Waals surface area contributed by atoms with Gasteiger partial charge in [0.1, 0.15) is 0 Å². The van der Waals surface area contributed by atoms with Gasteiger partial charge in [-0.3, -0.25) is 9.69 Å². The Bertz CT molecular complexity index is 958. The molecule has 0 bridgehead atoms. The third-order valence-corrected chi connectivity index (χ3v) is 4.83. The molecule has 0 amide bonds. The summed E-state index contributed by atoms with van der Waals surface area (Å²) in [7, 11) is 0. The molecule has 3 aromatic rings. The number of aromatic amines is 1. The molecule has 134 valence electrons. The number of rotatable bonds is 5. The van der Waals surface area contributed by atoms with Crippen LogP contribution in [0.2, 0.25) is 5.02 Å². The summed E-state index contributed by atoms with van der Waals surface area (Å²) in [6.45, 7) is 1.45. The average molecular weight is 372 g/mol. The summed E-state index contributed by atoms with van der Waals surface area (Å²) >= 11 is 6.34. The van der Waals surface area contributed by atoms with Crippen LogP contribution in [-0.4, -0.2) is 56.6 Å². The van der Waals surface area contributed by atoms with E-state index in [1.54, 1.807) is 6.20 Å². The van der Waals surface area contributed by atoms with Gasteiger partial charge < -0.3 is 15.4 Å². The van der Waals surface area contributed by atoms with E-state index >= 15 is 0 Å². The molecule has 7 nitrogen and oxygen atoms in total. The van der Waals surface area contributed by atoms with Crippen molar-refractivity contribution >= 4 is 34.4 Å². The molecule has 2 aromatic heterocycles. The van der Waals surface area contributed by atoms with Crippen molar-refractivity contribution in [1.82, 2.24) is 19.9 Å². The Balaban J connectivity index is 1.56. The SMILES string of the molecule is O=C(O)CN1CC[C@@H](Nc2ncc(Cl)c(-c3c[nH]c4ccccc34)n2)C1. The van der Waals surface area contributed by atoms with Gasteiger partial charge in [0, 0.05) is 41.8 Å². The number of hydrogen-bond acceptors (Lipinski definition) is 5. The quantitative estimate of drug-likeness (QED) is 0.638. The summed E-state index contributed by atoms with van der Waals surface area (Å²) in [4.78, 5) is 24.8. The standard InChI is InChI=1S/C18H18ClN5O2/c19-14-8-21-18(22-11-5-6-24(9-11)10-16(25)26)23-17(14)13-7-20-15-4-2-1-3-12(13)15/h1-4,7-8,11,20H,5-6,9-10H2,(H,25,26)(H,21,22,23)/t11-/m1/s1. The number of H-pyrrole nitrogens is 1. The number of carboxylic acids is 1. The van der Waals surface area contributed by atoms with Crippen LogP contribution in [-0.2, 0) is 4.79 Å². The monoisotopic (exact) mass is 371 g/mol. The maximum Gasteiger partial charge on any atom is 0.317 e. The Morgan fingerprint density at radius 2 is 2.27 bits per heavy atom. The van der Waals surface area contributed by atoms with Crippen LogP contribution in [0, 0.1) is 0 Å². The number of nitrogens with zero attached hydrogens (tertiary/aromatic N) is 3. The maximum atomic E-state index is 10.8. The number of hydrogen-bond donors (Lipinski definition) is 3. The van der Waals surface area contributed by atoms with Crippen molar-refractivity contribution in [3.8, 4) is 11.3 Å². The van der Waals surface area contributed by atoms with Crippen molar-refractivity contribution in [3.05, 3.63) is 41.7 Å². The Morgan fingerprint density at radius 1 is 1.42 bits per heavy atom. The Morgan fingerprint density at radius 3 is 3.12 bits per heavy atom. The van der Waals surface area contributed by atoms with Crippen molar-refractivity contribution in [2.24, 2.45) is 0 Å². The van der Waals surface area contributed by atoms with Crippen LogP contribution in [0.25, 0.3) is 22.2 Å². The Labute approximate surface area is 155 Å². The van der Waals surface area contributed by atoms with Crippen molar-refractivity contribution in [1.29, 1.82) is 0 Å². The number of anilines is 1. The van der Waals surface area contributed by atoms with Crippen LogP contribution in [0.5, 0.6) is 0 Å². The molecular weight excluding hydrogens is 354 g/mol. The maximum absolute atomic E-state index is 10.8. The van der Waals surface area contributed by atoms with Gasteiger partial charge in [0.05, 0.1) is 23.5 Å². The first kappa shape index (κ1) is 16.8. The van der Waals surface area contributed by atoms with E-state index < -0.39 is 5.97 Å². The number of fused-ring (bicyclic) bond motifs is 1. The van der Waals surface area contributed by atoms with Crippen molar-refractivity contribution < 1.29 is 9.90 Å². The number of carboxylic acid groups (broad SMARTS) is 1. The van der Waals surface area contributed by atoms with Gasteiger partial charge in [-0.05, 0) is 12.5 Å². The molecule has 0 saturated carbocycles. The fraction of sp³-hybridized carbons (Fsp3) is 0.278. The first-order chi connectivity index (χ1) is 12.6. The molecule has 0 aliphatic carbocycles. The van der Waals surface area contributed by atoms with Crippen LogP contribution < -0.4 is 5.32 Å². The molecule has 1 saturated heterocycles. The molecular formula is C18H18ClN5O2. The highest BCUT2D eigenvalue weighted by Crippen LogP contribution is 2.32. The summed E-state index contributed by atoms with van der Waals surface area (Å²) in [6.07, 6.45) is 4.34. The van der Waals surface area contributed by atoms with Crippen LogP contribution in [0.4, 0.5) is 5.95 Å². The zero-order chi connectivity index (χ0) is 18.1. The zero-order valence-corrected chi connectivity index (χ0v) is 14.7. The Kier molecular flexibility index (Phi) is 4.48. The lowest BCUT2D eigenvalue weighted by molar-refractivity contribution is -0.138. The smallest absolute Gasteiger partial charge is 0.317 e. The van der Waals surface area contributed by atoms with E-state index in [1.165, 1.54) is 0 Å². The number of halogens is 1. The normalized spacial score (nSPS) is 17.7. The second-order valence-electron chi connectivity index (χ2n) is 6.40. The molecule has 3 N–H and O–H groups in total. The molecule has 1 fully saturated rings. The van der Waals surface area contributed by atoms with Gasteiger partial charge in [0.25, 0.3) is 0 Å². The summed E-state index contributed by atoms with van der Waals surface area (Å²) < 4.78 is 0. The highest BCUT2D eigenvalue weighted by molar-refractivity contribution is 6.33. The highest BCUT2D eigenvalue weighted by atomic mass is 35.5. The van der Waals surface area contributed by atoms with E-state index in [0.29, 0.717) is 23.2 Å². The van der Waals surface area contributed by atoms with Crippen molar-refractivity contribution in [2.75, 3.05) is 25.0 Å². The van der Waals surface area contributed by atoms with Gasteiger partial charge in [-0.2, -0.15) is 0 Å². The van der Waals surface area contributed by atoms with Crippen molar-refractivity contribution in [2.45, 2.75) is 12.5 Å². The van der Waals surface area contributed by atoms with Gasteiger partial charge in [0.15, 0.2) is 0 Å². The van der Waals surface area contributed by atoms with E-state index in [-0.39, 0.29) is 12.6 Å². The number of nitrogens with one attached hydrogen (secondary N) is 2. The number of aromatic nitrogens is 3. The molecule has 1 aromatic carbocycles. The van der Waals surface area contributed by atoms with Crippen LogP contribution in [0.3, 0.4) is 0 Å². The lowest BCUT2D eigenvalue weighted by Crippen LogP contribution is -2.30. The lowest BCUT2D eigenvalue weighted by atomic mass is 10.1. The molecule has 1 atom stereocenters. The zero-order valence-electron chi connectivity index (χ0n) is 13.9. The topological polar surface area (TPSA) is 94.1 Å². The van der Waals surface area contributed by atoms with Crippen LogP contribution in [0.1, 0.15) is 6.42 Å². The molecule has 1 aliphatic heterocycles. The summed E-state index contributed by atoms with van der Waals surface area (Å²) in [5.41, 5.74) is 2.61. The predicted octanol–water partition coefficient (Wildman–Crippen LogP) is 2.85. The molecule has 3 heterocycles. The van der Waals surface area contributed by atoms with E-state index in [0.717, 1.165) is 29.4 Å². The number of benzene rings is 1. The molecule has 0 radical (unpaired) electrons. The van der Waals surface area contributed by atoms with E-state index in [2.05, 4.69) is 20.3 Å². The molecule has 0 spiro atoms. The first-order valence-electron chi connectivity index (χ1n) is 8.40. The van der Waals surface area contributed by atoms with Gasteiger partial charge in [-0.15, -0.1) is 0 Å². The molecule has 4 rings (SSSR count). The molecule has 26 heavy (non-hydrogen) atoms. The third kappa shape index (κ3) is 3.36. The summed E-state index contributed by atoms with van der Waals surface area (Å²) in [5, 5.41) is 13.7. The average Bonchev–Trinajstić information content (AvgIpc) is 3.23. The second kappa shape index (κ2) is 6.93. The van der Waals surface area contributed by atoms with Gasteiger partial charge in [-0.25, -0.2) is 9.97 Å². The molecule has 0 unspecified atom stereocenters. The van der Waals surface area contributed by atoms with Crippen LogP contribution in [0.15, 0.2) is 36.7 Å². The number of likely N-dealkylation sites (tertiary alicyclic amines) is 1. The highest BCUT2D eigenvalue weighted by Gasteiger charge is 2.24. The largest absolute Gasteiger partial charge is 0.480 e. The van der Waals surface area contributed by atoms with Gasteiger partial charge in [0.2, 0.25) is 5.95 Å². The number of carbonyl (C=O) groups is 1.